The fraction of sp³-hybridized carbons (Fsp3) is 0.486. The molecule has 2 aromatic carbocycles. The van der Waals surface area contributed by atoms with Gasteiger partial charge in [-0.25, -0.2) is 0 Å². The second-order valence-corrected chi connectivity index (χ2v) is 10.6. The van der Waals surface area contributed by atoms with E-state index in [-0.39, 0.29) is 17.0 Å². The number of ketones is 2. The van der Waals surface area contributed by atoms with E-state index in [0.717, 1.165) is 36.8 Å². The molecule has 0 N–H and O–H groups in total. The van der Waals surface area contributed by atoms with Crippen LogP contribution in [0.15, 0.2) is 36.4 Å². The molecule has 3 rings (SSSR count). The van der Waals surface area contributed by atoms with Crippen LogP contribution in [-0.4, -0.2) is 11.6 Å². The Morgan fingerprint density at radius 3 is 1.38 bits per heavy atom. The molecule has 2 nitrogen and oxygen atoms in total. The second kappa shape index (κ2) is 14.0. The number of rotatable bonds is 16. The second-order valence-electron chi connectivity index (χ2n) is 10.6. The summed E-state index contributed by atoms with van der Waals surface area (Å²) in [5, 5.41) is 0. The Kier molecular flexibility index (Phi) is 10.8. The summed E-state index contributed by atoms with van der Waals surface area (Å²) in [6.07, 6.45) is 27.6. The number of carbonyl (C=O) groups excluding carboxylic acids is 2. The fourth-order valence-corrected chi connectivity index (χ4v) is 6.02. The van der Waals surface area contributed by atoms with Crippen LogP contribution in [0.3, 0.4) is 0 Å². The Balaban J connectivity index is 2.04. The zero-order valence-electron chi connectivity index (χ0n) is 22.8. The molecule has 0 aromatic heterocycles. The van der Waals surface area contributed by atoms with Gasteiger partial charge in [0.25, 0.3) is 0 Å². The van der Waals surface area contributed by atoms with E-state index in [2.05, 4.69) is 25.7 Å². The molecule has 0 saturated heterocycles. The molecule has 0 atom stereocenters. The molecule has 0 spiro atoms. The molecule has 0 heterocycles. The molecule has 1 aliphatic carbocycles. The highest BCUT2D eigenvalue weighted by molar-refractivity contribution is 6.10. The summed E-state index contributed by atoms with van der Waals surface area (Å²) >= 11 is 0. The Bertz CT molecular complexity index is 1080. The van der Waals surface area contributed by atoms with Gasteiger partial charge in [0.2, 0.25) is 11.6 Å². The normalized spacial score (nSPS) is 12.9. The van der Waals surface area contributed by atoms with Gasteiger partial charge in [-0.15, -0.1) is 12.8 Å². The molecule has 2 heteroatoms. The van der Waals surface area contributed by atoms with Gasteiger partial charge in [-0.3, -0.25) is 9.59 Å². The summed E-state index contributed by atoms with van der Waals surface area (Å²) in [6.45, 7) is 4.48. The third-order valence-corrected chi connectivity index (χ3v) is 8.06. The van der Waals surface area contributed by atoms with E-state index in [1.165, 1.54) is 75.3 Å². The molecule has 37 heavy (non-hydrogen) atoms. The van der Waals surface area contributed by atoms with Gasteiger partial charge in [0, 0.05) is 16.5 Å². The quantitative estimate of drug-likeness (QED) is 0.101. The summed E-state index contributed by atoms with van der Waals surface area (Å²) in [6, 6.07) is 11.9. The van der Waals surface area contributed by atoms with E-state index in [1.807, 2.05) is 36.4 Å². The highest BCUT2D eigenvalue weighted by Crippen LogP contribution is 2.54. The van der Waals surface area contributed by atoms with Crippen LogP contribution in [0.2, 0.25) is 0 Å². The third kappa shape index (κ3) is 6.62. The molecule has 1 aliphatic rings. The van der Waals surface area contributed by atoms with Crippen LogP contribution in [0, 0.1) is 24.7 Å². The number of terminal acetylenes is 2. The molecule has 0 saturated carbocycles. The van der Waals surface area contributed by atoms with Crippen LogP contribution in [0.25, 0.3) is 11.1 Å². The Morgan fingerprint density at radius 2 is 1.00 bits per heavy atom. The number of fused-ring (bicyclic) bond motifs is 3. The molecule has 194 valence electrons. The number of carbonyl (C=O) groups is 2. The lowest BCUT2D eigenvalue weighted by Crippen LogP contribution is -2.26. The summed E-state index contributed by atoms with van der Waals surface area (Å²) in [5.74, 6) is 4.02. The van der Waals surface area contributed by atoms with Crippen molar-refractivity contribution in [3.63, 3.8) is 0 Å². The van der Waals surface area contributed by atoms with Crippen molar-refractivity contribution in [3.05, 3.63) is 58.7 Å². The van der Waals surface area contributed by atoms with Gasteiger partial charge in [-0.2, -0.15) is 0 Å². The van der Waals surface area contributed by atoms with Crippen LogP contribution in [0.4, 0.5) is 0 Å². The van der Waals surface area contributed by atoms with Crippen molar-refractivity contribution in [1.29, 1.82) is 0 Å². The van der Waals surface area contributed by atoms with Crippen molar-refractivity contribution in [1.82, 2.24) is 0 Å². The van der Waals surface area contributed by atoms with Gasteiger partial charge in [0.05, 0.1) is 0 Å². The summed E-state index contributed by atoms with van der Waals surface area (Å²) < 4.78 is 0. The van der Waals surface area contributed by atoms with E-state index in [4.69, 9.17) is 12.8 Å². The van der Waals surface area contributed by atoms with Gasteiger partial charge in [-0.1, -0.05) is 103 Å². The molecule has 0 fully saturated rings. The van der Waals surface area contributed by atoms with Crippen molar-refractivity contribution < 1.29 is 9.59 Å². The van der Waals surface area contributed by atoms with Crippen molar-refractivity contribution in [2.45, 2.75) is 109 Å². The average molecular weight is 495 g/mol. The standard InChI is InChI=1S/C35H42O2/c1-5-9-11-13-15-17-23-35(24-18-16-14-12-10-6-2)31-25-27(33(36)7-3)19-21-29(31)30-22-20-28(26-32(30)35)34(37)8-4/h3-4,19-22,25-26H,5-6,9-18,23-24H2,1-2H3. The highest BCUT2D eigenvalue weighted by atomic mass is 16.1. The van der Waals surface area contributed by atoms with E-state index < -0.39 is 0 Å². The lowest BCUT2D eigenvalue weighted by molar-refractivity contribution is 0.104. The highest BCUT2D eigenvalue weighted by Gasteiger charge is 2.42. The number of Topliss-reactive ketones (excluding diaryl/α,β-unsaturated/α-hetero) is 2. The molecule has 0 radical (unpaired) electrons. The minimum Gasteiger partial charge on any atom is -0.279 e. The number of hydrogen-bond acceptors (Lipinski definition) is 2. The predicted octanol–water partition coefficient (Wildman–Crippen LogP) is 9.09. The number of unbranched alkanes of at least 4 members (excludes halogenated alkanes) is 10. The SMILES string of the molecule is C#CC(=O)c1ccc2c(c1)C(CCCCCCCC)(CCCCCCCC)c1cc(C(=O)C#C)ccc1-2. The molecule has 0 aliphatic heterocycles. The van der Waals surface area contributed by atoms with Gasteiger partial charge >= 0.3 is 0 Å². The Hall–Kier alpha value is -3.10. The maximum Gasteiger partial charge on any atom is 0.235 e. The van der Waals surface area contributed by atoms with Crippen LogP contribution in [-0.2, 0) is 5.41 Å². The van der Waals surface area contributed by atoms with Crippen molar-refractivity contribution in [3.8, 4) is 35.8 Å². The first kappa shape index (κ1) is 28.5. The number of hydrogen-bond donors (Lipinski definition) is 0. The lowest BCUT2D eigenvalue weighted by Gasteiger charge is -2.33. The van der Waals surface area contributed by atoms with Gasteiger partial charge in [0.15, 0.2) is 0 Å². The van der Waals surface area contributed by atoms with Gasteiger partial charge in [0.1, 0.15) is 0 Å². The van der Waals surface area contributed by atoms with E-state index >= 15 is 0 Å². The minimum absolute atomic E-state index is 0.240. The Morgan fingerprint density at radius 1 is 0.622 bits per heavy atom. The zero-order valence-corrected chi connectivity index (χ0v) is 22.8. The van der Waals surface area contributed by atoms with Gasteiger partial charge in [-0.05, 0) is 71.2 Å². The summed E-state index contributed by atoms with van der Waals surface area (Å²) in [4.78, 5) is 25.0. The maximum absolute atomic E-state index is 12.5. The average Bonchev–Trinajstić information content (AvgIpc) is 3.20. The molecule has 0 amide bonds. The van der Waals surface area contributed by atoms with E-state index in [9.17, 15) is 9.59 Å². The summed E-state index contributed by atoms with van der Waals surface area (Å²) in [5.41, 5.74) is 5.59. The van der Waals surface area contributed by atoms with Crippen LogP contribution >= 0.6 is 0 Å². The molecular formula is C35H42O2. The van der Waals surface area contributed by atoms with E-state index in [0.29, 0.717) is 11.1 Å². The topological polar surface area (TPSA) is 34.1 Å². The molecule has 0 unspecified atom stereocenters. The Labute approximate surface area is 224 Å². The van der Waals surface area contributed by atoms with Crippen LogP contribution in [0.5, 0.6) is 0 Å². The first-order valence-electron chi connectivity index (χ1n) is 14.3. The van der Waals surface area contributed by atoms with Crippen LogP contribution < -0.4 is 0 Å². The molecular weight excluding hydrogens is 452 g/mol. The monoisotopic (exact) mass is 494 g/mol. The van der Waals surface area contributed by atoms with Gasteiger partial charge < -0.3 is 0 Å². The lowest BCUT2D eigenvalue weighted by atomic mass is 9.70. The van der Waals surface area contributed by atoms with Crippen molar-refractivity contribution in [2.75, 3.05) is 0 Å². The zero-order chi connectivity index (χ0) is 26.7. The molecule has 2 aromatic rings. The smallest absolute Gasteiger partial charge is 0.235 e. The number of benzene rings is 2. The largest absolute Gasteiger partial charge is 0.279 e. The summed E-state index contributed by atoms with van der Waals surface area (Å²) in [7, 11) is 0. The van der Waals surface area contributed by atoms with Crippen LogP contribution in [0.1, 0.15) is 136 Å². The predicted molar refractivity (Wildman–Crippen MR) is 155 cm³/mol. The molecule has 0 bridgehead atoms. The van der Waals surface area contributed by atoms with E-state index in [1.54, 1.807) is 0 Å². The maximum atomic E-state index is 12.5. The minimum atomic E-state index is -0.282. The third-order valence-electron chi connectivity index (χ3n) is 8.06. The van der Waals surface area contributed by atoms with Crippen molar-refractivity contribution in [2.24, 2.45) is 0 Å². The fourth-order valence-electron chi connectivity index (χ4n) is 6.02. The first-order valence-corrected chi connectivity index (χ1v) is 14.3. The first-order chi connectivity index (χ1) is 18.0. The van der Waals surface area contributed by atoms with Crippen molar-refractivity contribution >= 4 is 11.6 Å².